The van der Waals surface area contributed by atoms with E-state index < -0.39 is 18.1 Å². The summed E-state index contributed by atoms with van der Waals surface area (Å²) in [6, 6.07) is 15.5. The number of carbonyl (C=O) groups excluding carboxylic acids is 2. The highest BCUT2D eigenvalue weighted by Gasteiger charge is 2.34. The van der Waals surface area contributed by atoms with E-state index in [4.69, 9.17) is 9.84 Å². The molecule has 0 saturated carbocycles. The van der Waals surface area contributed by atoms with Crippen molar-refractivity contribution in [1.82, 2.24) is 10.2 Å². The zero-order valence-electron chi connectivity index (χ0n) is 19.5. The summed E-state index contributed by atoms with van der Waals surface area (Å²) < 4.78 is 5.64. The van der Waals surface area contributed by atoms with E-state index in [-0.39, 0.29) is 30.9 Å². The molecule has 180 valence electrons. The second kappa shape index (κ2) is 10.7. The standard InChI is InChI=1S/C27H32N2O5/c1-2-8-24(26(32)29-16-7-9-18(29)14-15-25(30)31)28-27(33)34-17-23-21-12-5-3-10-19(21)20-11-4-6-13-22(20)23/h3-6,10-13,18,23-24H,2,7-9,14-17H2,1H3,(H,28,33)(H,30,31). The van der Waals surface area contributed by atoms with Gasteiger partial charge < -0.3 is 20.1 Å². The Morgan fingerprint density at radius 3 is 2.35 bits per heavy atom. The van der Waals surface area contributed by atoms with Crippen LogP contribution in [0.5, 0.6) is 0 Å². The van der Waals surface area contributed by atoms with Crippen molar-refractivity contribution < 1.29 is 24.2 Å². The molecule has 1 aliphatic carbocycles. The minimum absolute atomic E-state index is 0.0344. The first-order valence-electron chi connectivity index (χ1n) is 12.1. The molecule has 0 radical (unpaired) electrons. The third-order valence-electron chi connectivity index (χ3n) is 6.86. The van der Waals surface area contributed by atoms with Crippen molar-refractivity contribution in [2.75, 3.05) is 13.2 Å². The van der Waals surface area contributed by atoms with E-state index in [2.05, 4.69) is 29.6 Å². The van der Waals surface area contributed by atoms with Gasteiger partial charge in [0.1, 0.15) is 12.6 Å². The minimum Gasteiger partial charge on any atom is -0.481 e. The number of ether oxygens (including phenoxy) is 1. The zero-order chi connectivity index (χ0) is 24.1. The summed E-state index contributed by atoms with van der Waals surface area (Å²) in [5.41, 5.74) is 4.59. The van der Waals surface area contributed by atoms with Crippen molar-refractivity contribution in [2.45, 2.75) is 63.5 Å². The molecule has 0 spiro atoms. The van der Waals surface area contributed by atoms with Gasteiger partial charge in [0.15, 0.2) is 0 Å². The van der Waals surface area contributed by atoms with Gasteiger partial charge in [-0.15, -0.1) is 0 Å². The van der Waals surface area contributed by atoms with Gasteiger partial charge in [-0.1, -0.05) is 61.9 Å². The lowest BCUT2D eigenvalue weighted by molar-refractivity contribution is -0.139. The first-order chi connectivity index (χ1) is 16.5. The van der Waals surface area contributed by atoms with Crippen LogP contribution < -0.4 is 5.32 Å². The van der Waals surface area contributed by atoms with Gasteiger partial charge in [-0.3, -0.25) is 9.59 Å². The predicted octanol–water partition coefficient (Wildman–Crippen LogP) is 4.55. The van der Waals surface area contributed by atoms with Crippen molar-refractivity contribution in [3.63, 3.8) is 0 Å². The summed E-state index contributed by atoms with van der Waals surface area (Å²) in [7, 11) is 0. The number of nitrogens with zero attached hydrogens (tertiary/aromatic N) is 1. The van der Waals surface area contributed by atoms with Crippen LogP contribution in [0, 0.1) is 0 Å². The number of hydrogen-bond acceptors (Lipinski definition) is 4. The molecule has 0 bridgehead atoms. The van der Waals surface area contributed by atoms with E-state index in [9.17, 15) is 14.4 Å². The summed E-state index contributed by atoms with van der Waals surface area (Å²) in [6.45, 7) is 2.75. The van der Waals surface area contributed by atoms with E-state index in [1.165, 1.54) is 0 Å². The average Bonchev–Trinajstić information content (AvgIpc) is 3.43. The average molecular weight is 465 g/mol. The maximum Gasteiger partial charge on any atom is 0.407 e. The number of amides is 2. The highest BCUT2D eigenvalue weighted by Crippen LogP contribution is 2.44. The van der Waals surface area contributed by atoms with Crippen LogP contribution in [0.4, 0.5) is 4.79 Å². The molecule has 1 fully saturated rings. The van der Waals surface area contributed by atoms with Gasteiger partial charge in [-0.25, -0.2) is 4.79 Å². The third kappa shape index (κ3) is 5.08. The molecule has 1 aliphatic heterocycles. The molecule has 2 aliphatic rings. The number of nitrogens with one attached hydrogen (secondary N) is 1. The Kier molecular flexibility index (Phi) is 7.50. The van der Waals surface area contributed by atoms with Crippen LogP contribution in [0.25, 0.3) is 11.1 Å². The molecule has 4 rings (SSSR count). The van der Waals surface area contributed by atoms with Gasteiger partial charge in [0, 0.05) is 24.9 Å². The Bertz CT molecular complexity index is 1010. The van der Waals surface area contributed by atoms with Gasteiger partial charge in [0.25, 0.3) is 0 Å². The number of rotatable bonds is 9. The van der Waals surface area contributed by atoms with E-state index in [0.29, 0.717) is 19.4 Å². The highest BCUT2D eigenvalue weighted by atomic mass is 16.5. The minimum atomic E-state index is -0.860. The van der Waals surface area contributed by atoms with Gasteiger partial charge >= 0.3 is 12.1 Å². The number of carbonyl (C=O) groups is 3. The first kappa shape index (κ1) is 23.8. The number of alkyl carbamates (subject to hydrolysis) is 1. The van der Waals surface area contributed by atoms with Crippen LogP contribution in [-0.2, 0) is 14.3 Å². The van der Waals surface area contributed by atoms with Gasteiger partial charge in [0.2, 0.25) is 5.91 Å². The SMILES string of the molecule is CCCC(NC(=O)OCC1c2ccccc2-c2ccccc21)C(=O)N1CCCC1CCC(=O)O. The Morgan fingerprint density at radius 2 is 1.74 bits per heavy atom. The van der Waals surface area contributed by atoms with Gasteiger partial charge in [-0.05, 0) is 47.9 Å². The monoisotopic (exact) mass is 464 g/mol. The van der Waals surface area contributed by atoms with Crippen LogP contribution in [-0.4, -0.2) is 53.2 Å². The number of carboxylic acids is 1. The Balaban J connectivity index is 1.39. The molecule has 2 aromatic carbocycles. The first-order valence-corrected chi connectivity index (χ1v) is 12.1. The summed E-state index contributed by atoms with van der Waals surface area (Å²) in [6.07, 6.45) is 2.74. The largest absolute Gasteiger partial charge is 0.481 e. The molecular formula is C27H32N2O5. The molecule has 34 heavy (non-hydrogen) atoms. The Hall–Kier alpha value is -3.35. The second-order valence-corrected chi connectivity index (χ2v) is 9.07. The number of hydrogen-bond donors (Lipinski definition) is 2. The third-order valence-corrected chi connectivity index (χ3v) is 6.86. The highest BCUT2D eigenvalue weighted by molar-refractivity contribution is 5.86. The van der Waals surface area contributed by atoms with Gasteiger partial charge in [0.05, 0.1) is 0 Å². The summed E-state index contributed by atoms with van der Waals surface area (Å²) in [5, 5.41) is 11.8. The molecule has 7 heteroatoms. The topological polar surface area (TPSA) is 95.9 Å². The normalized spacial score (nSPS) is 17.7. The lowest BCUT2D eigenvalue weighted by Crippen LogP contribution is -2.50. The van der Waals surface area contributed by atoms with E-state index in [1.807, 2.05) is 31.2 Å². The van der Waals surface area contributed by atoms with Crippen molar-refractivity contribution in [3.05, 3.63) is 59.7 Å². The quantitative estimate of drug-likeness (QED) is 0.568. The molecule has 7 nitrogen and oxygen atoms in total. The number of fused-ring (bicyclic) bond motifs is 3. The summed E-state index contributed by atoms with van der Waals surface area (Å²) in [4.78, 5) is 38.7. The fraction of sp³-hybridized carbons (Fsp3) is 0.444. The lowest BCUT2D eigenvalue weighted by Gasteiger charge is -2.29. The van der Waals surface area contributed by atoms with Gasteiger partial charge in [-0.2, -0.15) is 0 Å². The second-order valence-electron chi connectivity index (χ2n) is 9.07. The molecule has 0 aromatic heterocycles. The maximum absolute atomic E-state index is 13.2. The van der Waals surface area contributed by atoms with Crippen molar-refractivity contribution in [1.29, 1.82) is 0 Å². The zero-order valence-corrected chi connectivity index (χ0v) is 19.5. The Morgan fingerprint density at radius 1 is 1.09 bits per heavy atom. The number of benzene rings is 2. The summed E-state index contributed by atoms with van der Waals surface area (Å²) in [5.74, 6) is -1.05. The van der Waals surface area contributed by atoms with E-state index in [0.717, 1.165) is 41.5 Å². The van der Waals surface area contributed by atoms with E-state index >= 15 is 0 Å². The van der Waals surface area contributed by atoms with Crippen LogP contribution in [0.1, 0.15) is 62.5 Å². The molecular weight excluding hydrogens is 432 g/mol. The van der Waals surface area contributed by atoms with Crippen molar-refractivity contribution in [3.8, 4) is 11.1 Å². The molecule has 2 unspecified atom stereocenters. The number of carboxylic acid groups (broad SMARTS) is 1. The summed E-state index contributed by atoms with van der Waals surface area (Å²) >= 11 is 0. The fourth-order valence-electron chi connectivity index (χ4n) is 5.24. The van der Waals surface area contributed by atoms with Crippen LogP contribution >= 0.6 is 0 Å². The van der Waals surface area contributed by atoms with Crippen molar-refractivity contribution >= 4 is 18.0 Å². The molecule has 1 saturated heterocycles. The van der Waals surface area contributed by atoms with Crippen LogP contribution in [0.3, 0.4) is 0 Å². The molecule has 1 heterocycles. The maximum atomic E-state index is 13.2. The molecule has 2 N–H and O–H groups in total. The number of aliphatic carboxylic acids is 1. The van der Waals surface area contributed by atoms with Crippen LogP contribution in [0.2, 0.25) is 0 Å². The lowest BCUT2D eigenvalue weighted by atomic mass is 9.98. The predicted molar refractivity (Wildman–Crippen MR) is 129 cm³/mol. The number of likely N-dealkylation sites (tertiary alicyclic amines) is 1. The van der Waals surface area contributed by atoms with Crippen LogP contribution in [0.15, 0.2) is 48.5 Å². The smallest absolute Gasteiger partial charge is 0.407 e. The van der Waals surface area contributed by atoms with E-state index in [1.54, 1.807) is 4.90 Å². The Labute approximate surface area is 200 Å². The van der Waals surface area contributed by atoms with Crippen molar-refractivity contribution in [2.24, 2.45) is 0 Å². The molecule has 2 amide bonds. The molecule has 2 aromatic rings. The fourth-order valence-corrected chi connectivity index (χ4v) is 5.24. The molecule has 2 atom stereocenters.